The molecule has 0 aliphatic carbocycles. The van der Waals surface area contributed by atoms with Gasteiger partial charge in [0.25, 0.3) is 5.91 Å². The summed E-state index contributed by atoms with van der Waals surface area (Å²) in [4.78, 5) is 27.4. The summed E-state index contributed by atoms with van der Waals surface area (Å²) in [5, 5.41) is 0.512. The van der Waals surface area contributed by atoms with Crippen molar-refractivity contribution in [2.75, 3.05) is 32.8 Å². The number of halogens is 2. The van der Waals surface area contributed by atoms with Crippen molar-refractivity contribution < 1.29 is 14.3 Å². The van der Waals surface area contributed by atoms with Crippen LogP contribution in [0.4, 0.5) is 4.79 Å². The molecule has 0 aromatic heterocycles. The zero-order valence-electron chi connectivity index (χ0n) is 11.6. The van der Waals surface area contributed by atoms with Gasteiger partial charge in [0, 0.05) is 41.2 Å². The normalized spacial score (nSPS) is 15.0. The van der Waals surface area contributed by atoms with E-state index in [1.807, 2.05) is 0 Å². The average molecular weight is 376 g/mol. The van der Waals surface area contributed by atoms with Crippen molar-refractivity contribution in [3.8, 4) is 0 Å². The van der Waals surface area contributed by atoms with E-state index in [9.17, 15) is 9.59 Å². The lowest BCUT2D eigenvalue weighted by molar-refractivity contribution is 0.0570. The van der Waals surface area contributed by atoms with E-state index in [1.54, 1.807) is 34.9 Å². The van der Waals surface area contributed by atoms with Crippen LogP contribution in [0.2, 0.25) is 5.02 Å². The minimum atomic E-state index is -0.324. The van der Waals surface area contributed by atoms with Crippen LogP contribution in [0.1, 0.15) is 17.3 Å². The summed E-state index contributed by atoms with van der Waals surface area (Å²) in [6.45, 7) is 4.06. The van der Waals surface area contributed by atoms with Gasteiger partial charge in [-0.1, -0.05) is 27.5 Å². The number of ether oxygens (including phenoxy) is 1. The first kappa shape index (κ1) is 16.1. The number of nitrogens with zero attached hydrogens (tertiary/aromatic N) is 2. The molecule has 1 fully saturated rings. The van der Waals surface area contributed by atoms with Crippen LogP contribution in [-0.4, -0.2) is 54.6 Å². The Kier molecular flexibility index (Phi) is 5.47. The molecule has 0 spiro atoms. The molecule has 5 nitrogen and oxygen atoms in total. The Hall–Kier alpha value is -1.27. The third kappa shape index (κ3) is 4.11. The van der Waals surface area contributed by atoms with Crippen LogP contribution >= 0.6 is 27.5 Å². The van der Waals surface area contributed by atoms with E-state index in [1.165, 1.54) is 0 Å². The SMILES string of the molecule is CCOC(=O)N1CCN(C(=O)c2cc(Cl)cc(Br)c2)CC1. The van der Waals surface area contributed by atoms with Crippen LogP contribution in [0.3, 0.4) is 0 Å². The molecule has 0 saturated carbocycles. The maximum absolute atomic E-state index is 12.4. The second-order valence-electron chi connectivity index (χ2n) is 4.64. The number of amides is 2. The molecule has 2 rings (SSSR count). The van der Waals surface area contributed by atoms with Gasteiger partial charge in [0.1, 0.15) is 0 Å². The lowest BCUT2D eigenvalue weighted by Crippen LogP contribution is -2.50. The summed E-state index contributed by atoms with van der Waals surface area (Å²) < 4.78 is 5.72. The molecule has 1 aliphatic heterocycles. The average Bonchev–Trinajstić information content (AvgIpc) is 2.46. The molecule has 0 N–H and O–H groups in total. The first-order chi connectivity index (χ1) is 10.0. The van der Waals surface area contributed by atoms with Gasteiger partial charge in [-0.05, 0) is 25.1 Å². The van der Waals surface area contributed by atoms with Crippen LogP contribution in [0.25, 0.3) is 0 Å². The van der Waals surface area contributed by atoms with Crippen molar-refractivity contribution in [3.63, 3.8) is 0 Å². The highest BCUT2D eigenvalue weighted by molar-refractivity contribution is 9.10. The minimum Gasteiger partial charge on any atom is -0.450 e. The monoisotopic (exact) mass is 374 g/mol. The predicted octanol–water partition coefficient (Wildman–Crippen LogP) is 3.02. The molecule has 1 aliphatic rings. The van der Waals surface area contributed by atoms with E-state index in [0.717, 1.165) is 4.47 Å². The van der Waals surface area contributed by atoms with Gasteiger partial charge in [0.15, 0.2) is 0 Å². The number of carbonyl (C=O) groups is 2. The molecule has 7 heteroatoms. The molecule has 0 bridgehead atoms. The van der Waals surface area contributed by atoms with Crippen LogP contribution in [-0.2, 0) is 4.74 Å². The predicted molar refractivity (Wildman–Crippen MR) is 83.7 cm³/mol. The number of benzene rings is 1. The summed E-state index contributed by atoms with van der Waals surface area (Å²) >= 11 is 9.29. The third-order valence-electron chi connectivity index (χ3n) is 3.20. The van der Waals surface area contributed by atoms with E-state index in [4.69, 9.17) is 16.3 Å². The van der Waals surface area contributed by atoms with Crippen molar-refractivity contribution >= 4 is 39.5 Å². The highest BCUT2D eigenvalue weighted by Gasteiger charge is 2.25. The number of carbonyl (C=O) groups excluding carboxylic acids is 2. The number of piperazine rings is 1. The zero-order chi connectivity index (χ0) is 15.4. The van der Waals surface area contributed by atoms with Crippen LogP contribution in [0.15, 0.2) is 22.7 Å². The smallest absolute Gasteiger partial charge is 0.409 e. The molecule has 2 amide bonds. The molecule has 1 aromatic carbocycles. The summed E-state index contributed by atoms with van der Waals surface area (Å²) in [5.74, 6) is -0.0818. The summed E-state index contributed by atoms with van der Waals surface area (Å²) in [6.07, 6.45) is -0.324. The van der Waals surface area contributed by atoms with Crippen LogP contribution < -0.4 is 0 Å². The molecule has 1 saturated heterocycles. The maximum Gasteiger partial charge on any atom is 0.409 e. The quantitative estimate of drug-likeness (QED) is 0.798. The lowest BCUT2D eigenvalue weighted by atomic mass is 10.2. The molecular weight excluding hydrogens is 360 g/mol. The second kappa shape index (κ2) is 7.13. The fourth-order valence-corrected chi connectivity index (χ4v) is 3.03. The van der Waals surface area contributed by atoms with Crippen molar-refractivity contribution in [1.82, 2.24) is 9.80 Å². The second-order valence-corrected chi connectivity index (χ2v) is 5.99. The first-order valence-corrected chi connectivity index (χ1v) is 7.85. The van der Waals surface area contributed by atoms with E-state index >= 15 is 0 Å². The highest BCUT2D eigenvalue weighted by Crippen LogP contribution is 2.21. The van der Waals surface area contributed by atoms with Gasteiger partial charge in [0.05, 0.1) is 6.61 Å². The highest BCUT2D eigenvalue weighted by atomic mass is 79.9. The number of hydrogen-bond donors (Lipinski definition) is 0. The Labute approximate surface area is 136 Å². The van der Waals surface area contributed by atoms with Crippen LogP contribution in [0, 0.1) is 0 Å². The summed E-state index contributed by atoms with van der Waals surface area (Å²) in [5.41, 5.74) is 0.541. The molecule has 1 aromatic rings. The molecular formula is C14H16BrClN2O3. The van der Waals surface area contributed by atoms with Gasteiger partial charge in [-0.3, -0.25) is 4.79 Å². The Morgan fingerprint density at radius 1 is 1.19 bits per heavy atom. The zero-order valence-corrected chi connectivity index (χ0v) is 14.0. The maximum atomic E-state index is 12.4. The van der Waals surface area contributed by atoms with Crippen molar-refractivity contribution in [3.05, 3.63) is 33.3 Å². The fraction of sp³-hybridized carbons (Fsp3) is 0.429. The lowest BCUT2D eigenvalue weighted by Gasteiger charge is -2.34. The summed E-state index contributed by atoms with van der Waals surface area (Å²) in [6, 6.07) is 5.12. The van der Waals surface area contributed by atoms with Gasteiger partial charge < -0.3 is 14.5 Å². The number of rotatable bonds is 2. The molecule has 1 heterocycles. The molecule has 0 unspecified atom stereocenters. The van der Waals surface area contributed by atoms with Gasteiger partial charge >= 0.3 is 6.09 Å². The van der Waals surface area contributed by atoms with Crippen molar-refractivity contribution in [2.24, 2.45) is 0 Å². The van der Waals surface area contributed by atoms with Crippen molar-refractivity contribution in [1.29, 1.82) is 0 Å². The van der Waals surface area contributed by atoms with E-state index in [0.29, 0.717) is 43.4 Å². The van der Waals surface area contributed by atoms with E-state index in [2.05, 4.69) is 15.9 Å². The van der Waals surface area contributed by atoms with Gasteiger partial charge in [-0.15, -0.1) is 0 Å². The van der Waals surface area contributed by atoms with Gasteiger partial charge in [-0.25, -0.2) is 4.79 Å². The molecule has 21 heavy (non-hydrogen) atoms. The molecule has 114 valence electrons. The van der Waals surface area contributed by atoms with Gasteiger partial charge in [0.2, 0.25) is 0 Å². The Morgan fingerprint density at radius 3 is 2.38 bits per heavy atom. The largest absolute Gasteiger partial charge is 0.450 e. The third-order valence-corrected chi connectivity index (χ3v) is 3.88. The minimum absolute atomic E-state index is 0.0818. The standard InChI is InChI=1S/C14H16BrClN2O3/c1-2-21-14(20)18-5-3-17(4-6-18)13(19)10-7-11(15)9-12(16)8-10/h7-9H,2-6H2,1H3. The Balaban J connectivity index is 1.98. The fourth-order valence-electron chi connectivity index (χ4n) is 2.17. The van der Waals surface area contributed by atoms with E-state index < -0.39 is 0 Å². The van der Waals surface area contributed by atoms with E-state index in [-0.39, 0.29) is 12.0 Å². The number of hydrogen-bond acceptors (Lipinski definition) is 3. The Bertz CT molecular complexity index is 525. The molecule has 0 radical (unpaired) electrons. The van der Waals surface area contributed by atoms with Crippen molar-refractivity contribution in [2.45, 2.75) is 6.92 Å². The van der Waals surface area contributed by atoms with Crippen LogP contribution in [0.5, 0.6) is 0 Å². The van der Waals surface area contributed by atoms with Gasteiger partial charge in [-0.2, -0.15) is 0 Å². The molecule has 0 atom stereocenters. The summed E-state index contributed by atoms with van der Waals surface area (Å²) in [7, 11) is 0. The Morgan fingerprint density at radius 2 is 1.81 bits per heavy atom. The first-order valence-electron chi connectivity index (χ1n) is 6.68. The topological polar surface area (TPSA) is 49.9 Å².